The summed E-state index contributed by atoms with van der Waals surface area (Å²) >= 11 is 0. The number of benzene rings is 1. The largest absolute Gasteiger partial charge is 0.416 e. The molecule has 0 saturated heterocycles. The minimum Gasteiger partial charge on any atom is -0.382 e. The van der Waals surface area contributed by atoms with Gasteiger partial charge in [0.15, 0.2) is 6.10 Å². The van der Waals surface area contributed by atoms with Crippen LogP contribution >= 0.6 is 0 Å². The minimum absolute atomic E-state index is 0.229. The number of nitrogens with two attached hydrogens (primary N) is 1. The molecule has 3 N–H and O–H groups in total. The first-order chi connectivity index (χ1) is 8.03. The number of halogens is 6. The van der Waals surface area contributed by atoms with E-state index in [4.69, 9.17) is 10.8 Å². The van der Waals surface area contributed by atoms with Gasteiger partial charge in [0.25, 0.3) is 0 Å². The van der Waals surface area contributed by atoms with Crippen molar-refractivity contribution < 1.29 is 31.4 Å². The third kappa shape index (κ3) is 3.36. The normalized spacial score (nSPS) is 16.4. The highest BCUT2D eigenvalue weighted by atomic mass is 19.4. The summed E-state index contributed by atoms with van der Waals surface area (Å²) in [7, 11) is 0. The van der Waals surface area contributed by atoms with Crippen molar-refractivity contribution in [2.45, 2.75) is 24.5 Å². The van der Waals surface area contributed by atoms with Gasteiger partial charge >= 0.3 is 12.4 Å². The highest BCUT2D eigenvalue weighted by Gasteiger charge is 2.42. The molecule has 18 heavy (non-hydrogen) atoms. The topological polar surface area (TPSA) is 46.2 Å². The van der Waals surface area contributed by atoms with Crippen molar-refractivity contribution in [3.63, 3.8) is 0 Å². The second kappa shape index (κ2) is 4.77. The van der Waals surface area contributed by atoms with E-state index in [0.717, 1.165) is 12.1 Å². The Morgan fingerprint density at radius 3 is 1.72 bits per heavy atom. The Balaban J connectivity index is 2.93. The first-order valence-electron chi connectivity index (χ1n) is 4.71. The molecule has 1 aromatic rings. The maximum Gasteiger partial charge on any atom is 0.416 e. The van der Waals surface area contributed by atoms with E-state index >= 15 is 0 Å². The number of alkyl halides is 6. The van der Waals surface area contributed by atoms with Gasteiger partial charge in [-0.15, -0.1) is 0 Å². The van der Waals surface area contributed by atoms with Crippen LogP contribution < -0.4 is 5.73 Å². The second-order valence-electron chi connectivity index (χ2n) is 3.63. The average Bonchev–Trinajstić information content (AvgIpc) is 2.25. The molecule has 0 aliphatic rings. The molecule has 0 heterocycles. The predicted octanol–water partition coefficient (Wildman–Crippen LogP) is 2.63. The molecule has 0 radical (unpaired) electrons. The summed E-state index contributed by atoms with van der Waals surface area (Å²) in [6.07, 6.45) is -12.3. The fraction of sp³-hybridized carbons (Fsp3) is 0.400. The fourth-order valence-electron chi connectivity index (χ4n) is 1.28. The van der Waals surface area contributed by atoms with Gasteiger partial charge in [-0.1, -0.05) is 12.1 Å². The fourth-order valence-corrected chi connectivity index (χ4v) is 1.28. The maximum atomic E-state index is 12.2. The molecule has 2 nitrogen and oxygen atoms in total. The Labute approximate surface area is 98.0 Å². The van der Waals surface area contributed by atoms with E-state index in [-0.39, 0.29) is 5.56 Å². The zero-order chi connectivity index (χ0) is 14.1. The van der Waals surface area contributed by atoms with Crippen LogP contribution in [0.1, 0.15) is 17.2 Å². The van der Waals surface area contributed by atoms with Crippen LogP contribution in [0.2, 0.25) is 0 Å². The predicted molar refractivity (Wildman–Crippen MR) is 50.4 cm³/mol. The van der Waals surface area contributed by atoms with E-state index < -0.39 is 30.1 Å². The first kappa shape index (κ1) is 14.8. The smallest absolute Gasteiger partial charge is 0.382 e. The Kier molecular flexibility index (Phi) is 3.92. The molecule has 1 rings (SSSR count). The first-order valence-corrected chi connectivity index (χ1v) is 4.71. The van der Waals surface area contributed by atoms with Crippen LogP contribution in [-0.2, 0) is 6.18 Å². The van der Waals surface area contributed by atoms with Gasteiger partial charge in [0.2, 0.25) is 0 Å². The van der Waals surface area contributed by atoms with Crippen molar-refractivity contribution in [2.75, 3.05) is 0 Å². The lowest BCUT2D eigenvalue weighted by atomic mass is 10.0. The highest BCUT2D eigenvalue weighted by Crippen LogP contribution is 2.32. The van der Waals surface area contributed by atoms with E-state index in [0.29, 0.717) is 12.1 Å². The zero-order valence-corrected chi connectivity index (χ0v) is 8.76. The molecule has 8 heteroatoms. The number of aliphatic hydroxyl groups is 1. The van der Waals surface area contributed by atoms with Crippen molar-refractivity contribution in [1.82, 2.24) is 0 Å². The van der Waals surface area contributed by atoms with Crippen molar-refractivity contribution in [2.24, 2.45) is 5.73 Å². The van der Waals surface area contributed by atoms with Crippen molar-refractivity contribution in [3.8, 4) is 0 Å². The molecular weight excluding hydrogens is 264 g/mol. The minimum atomic E-state index is -4.93. The molecule has 0 aliphatic heterocycles. The standard InChI is InChI=1S/C10H9F6NO/c11-9(12,13)6-3-1-5(2-4-6)7(17)8(18)10(14,15)16/h1-4,7-8,18H,17H2/t7-,8-/m1/s1. The van der Waals surface area contributed by atoms with Crippen molar-refractivity contribution >= 4 is 0 Å². The molecule has 0 saturated carbocycles. The van der Waals surface area contributed by atoms with E-state index in [2.05, 4.69) is 0 Å². The third-order valence-electron chi connectivity index (χ3n) is 2.30. The Morgan fingerprint density at radius 2 is 1.39 bits per heavy atom. The van der Waals surface area contributed by atoms with Crippen LogP contribution in [0, 0.1) is 0 Å². The molecule has 0 fully saturated rings. The lowest BCUT2D eigenvalue weighted by Gasteiger charge is -2.21. The highest BCUT2D eigenvalue weighted by molar-refractivity contribution is 5.27. The van der Waals surface area contributed by atoms with Gasteiger partial charge < -0.3 is 10.8 Å². The van der Waals surface area contributed by atoms with E-state index in [9.17, 15) is 26.3 Å². The SMILES string of the molecule is N[C@H](c1ccc(C(F)(F)F)cc1)[C@@H](O)C(F)(F)F. The number of hydrogen-bond acceptors (Lipinski definition) is 2. The molecule has 1 aromatic carbocycles. The van der Waals surface area contributed by atoms with Crippen LogP contribution in [0.25, 0.3) is 0 Å². The van der Waals surface area contributed by atoms with E-state index in [1.807, 2.05) is 0 Å². The van der Waals surface area contributed by atoms with Crippen molar-refractivity contribution in [3.05, 3.63) is 35.4 Å². The van der Waals surface area contributed by atoms with Crippen LogP contribution in [0.4, 0.5) is 26.3 Å². The number of rotatable bonds is 2. The van der Waals surface area contributed by atoms with Gasteiger partial charge in [-0.3, -0.25) is 0 Å². The van der Waals surface area contributed by atoms with Crippen LogP contribution in [0.15, 0.2) is 24.3 Å². The summed E-state index contributed by atoms with van der Waals surface area (Å²) in [6, 6.07) is 1.01. The summed E-state index contributed by atoms with van der Waals surface area (Å²) < 4.78 is 73.1. The monoisotopic (exact) mass is 273 g/mol. The Hall–Kier alpha value is -1.28. The van der Waals surface area contributed by atoms with E-state index in [1.54, 1.807) is 0 Å². The molecule has 2 atom stereocenters. The number of hydrogen-bond donors (Lipinski definition) is 2. The van der Waals surface area contributed by atoms with Gasteiger partial charge in [-0.2, -0.15) is 26.3 Å². The summed E-state index contributed by atoms with van der Waals surface area (Å²) in [4.78, 5) is 0. The quantitative estimate of drug-likeness (QED) is 0.814. The van der Waals surface area contributed by atoms with Crippen LogP contribution in [0.5, 0.6) is 0 Å². The lowest BCUT2D eigenvalue weighted by molar-refractivity contribution is -0.210. The third-order valence-corrected chi connectivity index (χ3v) is 2.30. The maximum absolute atomic E-state index is 12.2. The molecule has 0 bridgehead atoms. The van der Waals surface area contributed by atoms with Gasteiger partial charge in [0, 0.05) is 0 Å². The summed E-state index contributed by atoms with van der Waals surface area (Å²) in [6.45, 7) is 0. The molecule has 0 spiro atoms. The van der Waals surface area contributed by atoms with Gasteiger partial charge in [-0.05, 0) is 17.7 Å². The van der Waals surface area contributed by atoms with Crippen molar-refractivity contribution in [1.29, 1.82) is 0 Å². The van der Waals surface area contributed by atoms with Gasteiger partial charge in [-0.25, -0.2) is 0 Å². The van der Waals surface area contributed by atoms with Crippen LogP contribution in [-0.4, -0.2) is 17.4 Å². The zero-order valence-electron chi connectivity index (χ0n) is 8.76. The van der Waals surface area contributed by atoms with E-state index in [1.165, 1.54) is 0 Å². The molecular formula is C10H9F6NO. The summed E-state index contributed by atoms with van der Waals surface area (Å²) in [5.74, 6) is 0. The van der Waals surface area contributed by atoms with Gasteiger partial charge in [0.05, 0.1) is 11.6 Å². The van der Waals surface area contributed by atoms with Crippen LogP contribution in [0.3, 0.4) is 0 Å². The second-order valence-corrected chi connectivity index (χ2v) is 3.63. The Bertz CT molecular complexity index is 396. The average molecular weight is 273 g/mol. The van der Waals surface area contributed by atoms with Gasteiger partial charge in [0.1, 0.15) is 0 Å². The summed E-state index contributed by atoms with van der Waals surface area (Å²) in [5.41, 5.74) is 3.90. The lowest BCUT2D eigenvalue weighted by Crippen LogP contribution is -2.38. The molecule has 0 aliphatic carbocycles. The molecule has 102 valence electrons. The molecule has 0 unspecified atom stereocenters. The number of aliphatic hydroxyl groups excluding tert-OH is 1. The molecule has 0 amide bonds. The summed E-state index contributed by atoms with van der Waals surface area (Å²) in [5, 5.41) is 8.86. The Morgan fingerprint density at radius 1 is 0.944 bits per heavy atom. The molecule has 0 aromatic heterocycles.